The average Bonchev–Trinajstić information content (AvgIpc) is 2.40. The van der Waals surface area contributed by atoms with Crippen molar-refractivity contribution in [2.24, 2.45) is 0 Å². The zero-order chi connectivity index (χ0) is 12.8. The quantitative estimate of drug-likeness (QED) is 0.890. The van der Waals surface area contributed by atoms with E-state index < -0.39 is 0 Å². The number of nitrogens with zero attached hydrogens (tertiary/aromatic N) is 2. The number of anilines is 1. The van der Waals surface area contributed by atoms with Gasteiger partial charge in [-0.2, -0.15) is 5.26 Å². The molecule has 0 aliphatic heterocycles. The maximum Gasteiger partial charge on any atom is 0.147 e. The van der Waals surface area contributed by atoms with Gasteiger partial charge in [-0.1, -0.05) is 12.1 Å². The van der Waals surface area contributed by atoms with Crippen LogP contribution in [0.5, 0.6) is 11.5 Å². The van der Waals surface area contributed by atoms with Crippen LogP contribution in [0.4, 0.5) is 5.69 Å². The highest BCUT2D eigenvalue weighted by Gasteiger charge is 2.04. The third-order valence-electron chi connectivity index (χ3n) is 2.33. The van der Waals surface area contributed by atoms with Crippen LogP contribution in [-0.2, 0) is 0 Å². The highest BCUT2D eigenvalue weighted by molar-refractivity contribution is 5.49. The molecule has 0 atom stereocenters. The Morgan fingerprint density at radius 3 is 2.94 bits per heavy atom. The summed E-state index contributed by atoms with van der Waals surface area (Å²) in [5.41, 5.74) is 1.40. The number of ether oxygens (including phenoxy) is 1. The Bertz CT molecular complexity index is 575. The Morgan fingerprint density at radius 2 is 2.17 bits per heavy atom. The average molecular weight is 239 g/mol. The van der Waals surface area contributed by atoms with Gasteiger partial charge in [0.05, 0.1) is 23.6 Å². The zero-order valence-electron chi connectivity index (χ0n) is 10.1. The van der Waals surface area contributed by atoms with Gasteiger partial charge in [-0.25, -0.2) is 0 Å². The molecule has 4 heteroatoms. The zero-order valence-corrected chi connectivity index (χ0v) is 10.1. The van der Waals surface area contributed by atoms with Crippen molar-refractivity contribution in [3.63, 3.8) is 0 Å². The molecular weight excluding hydrogens is 226 g/mol. The van der Waals surface area contributed by atoms with Gasteiger partial charge in [-0.05, 0) is 19.1 Å². The smallest absolute Gasteiger partial charge is 0.147 e. The summed E-state index contributed by atoms with van der Waals surface area (Å²) in [5.74, 6) is 1.14. The molecule has 2 rings (SSSR count). The summed E-state index contributed by atoms with van der Waals surface area (Å²) < 4.78 is 5.66. The van der Waals surface area contributed by atoms with Gasteiger partial charge in [0.25, 0.3) is 0 Å². The second-order valence-corrected chi connectivity index (χ2v) is 3.65. The van der Waals surface area contributed by atoms with Crippen LogP contribution in [0.3, 0.4) is 0 Å². The van der Waals surface area contributed by atoms with Gasteiger partial charge >= 0.3 is 0 Å². The summed E-state index contributed by atoms with van der Waals surface area (Å²) in [6.07, 6.45) is 3.35. The van der Waals surface area contributed by atoms with E-state index in [1.807, 2.05) is 19.1 Å². The van der Waals surface area contributed by atoms with Crippen LogP contribution in [0.2, 0.25) is 0 Å². The van der Waals surface area contributed by atoms with E-state index in [-0.39, 0.29) is 0 Å². The van der Waals surface area contributed by atoms with Gasteiger partial charge in [0.2, 0.25) is 0 Å². The maximum absolute atomic E-state index is 8.98. The van der Waals surface area contributed by atoms with Crippen molar-refractivity contribution in [1.82, 2.24) is 4.98 Å². The van der Waals surface area contributed by atoms with E-state index >= 15 is 0 Å². The number of nitrogens with one attached hydrogen (secondary N) is 1. The van der Waals surface area contributed by atoms with E-state index in [2.05, 4.69) is 16.4 Å². The number of nitriles is 1. The highest BCUT2D eigenvalue weighted by Crippen LogP contribution is 2.25. The second-order valence-electron chi connectivity index (χ2n) is 3.65. The number of hydrogen-bond donors (Lipinski definition) is 1. The fraction of sp³-hybridized carbons (Fsp3) is 0.143. The fourth-order valence-corrected chi connectivity index (χ4v) is 1.55. The van der Waals surface area contributed by atoms with Gasteiger partial charge in [0.1, 0.15) is 17.6 Å². The van der Waals surface area contributed by atoms with E-state index in [1.54, 1.807) is 30.6 Å². The maximum atomic E-state index is 8.98. The molecule has 90 valence electrons. The van der Waals surface area contributed by atoms with Crippen molar-refractivity contribution < 1.29 is 4.74 Å². The molecule has 0 bridgehead atoms. The lowest BCUT2D eigenvalue weighted by molar-refractivity contribution is 0.479. The number of hydrogen-bond acceptors (Lipinski definition) is 4. The molecular formula is C14H13N3O. The Labute approximate surface area is 106 Å². The summed E-state index contributed by atoms with van der Waals surface area (Å²) in [6.45, 7) is 2.83. The number of rotatable bonds is 4. The molecule has 0 saturated carbocycles. The minimum atomic E-state index is 0.506. The van der Waals surface area contributed by atoms with E-state index in [9.17, 15) is 0 Å². The fourth-order valence-electron chi connectivity index (χ4n) is 1.55. The molecule has 0 spiro atoms. The summed E-state index contributed by atoms with van der Waals surface area (Å²) in [6, 6.07) is 11.1. The van der Waals surface area contributed by atoms with Crippen molar-refractivity contribution in [2.45, 2.75) is 6.92 Å². The molecule has 0 saturated heterocycles. The number of benzene rings is 1. The molecule has 0 aliphatic carbocycles. The van der Waals surface area contributed by atoms with Crippen LogP contribution >= 0.6 is 0 Å². The summed E-state index contributed by atoms with van der Waals surface area (Å²) in [7, 11) is 0. The Morgan fingerprint density at radius 1 is 1.33 bits per heavy atom. The van der Waals surface area contributed by atoms with Crippen molar-refractivity contribution >= 4 is 5.69 Å². The molecule has 0 fully saturated rings. The normalized spacial score (nSPS) is 9.56. The van der Waals surface area contributed by atoms with E-state index in [0.29, 0.717) is 17.1 Å². The first-order valence-electron chi connectivity index (χ1n) is 5.69. The lowest BCUT2D eigenvalue weighted by atomic mass is 10.2. The Kier molecular flexibility index (Phi) is 3.77. The minimum Gasteiger partial charge on any atom is -0.454 e. The predicted octanol–water partition coefficient (Wildman–Crippen LogP) is 3.18. The van der Waals surface area contributed by atoms with E-state index in [0.717, 1.165) is 12.2 Å². The number of aromatic nitrogens is 1. The monoisotopic (exact) mass is 239 g/mol. The first kappa shape index (κ1) is 11.9. The predicted molar refractivity (Wildman–Crippen MR) is 69.6 cm³/mol. The van der Waals surface area contributed by atoms with Crippen molar-refractivity contribution in [1.29, 1.82) is 5.26 Å². The first-order chi connectivity index (χ1) is 8.83. The Balaban J connectivity index is 2.23. The summed E-state index contributed by atoms with van der Waals surface area (Å²) in [5, 5.41) is 12.1. The van der Waals surface area contributed by atoms with Gasteiger partial charge < -0.3 is 10.1 Å². The lowest BCUT2D eigenvalue weighted by Gasteiger charge is -2.08. The van der Waals surface area contributed by atoms with Gasteiger partial charge in [-0.15, -0.1) is 0 Å². The van der Waals surface area contributed by atoms with E-state index in [1.165, 1.54) is 0 Å². The van der Waals surface area contributed by atoms with Gasteiger partial charge in [-0.3, -0.25) is 4.98 Å². The topological polar surface area (TPSA) is 57.9 Å². The number of pyridine rings is 1. The van der Waals surface area contributed by atoms with Crippen LogP contribution in [0.25, 0.3) is 0 Å². The molecule has 4 nitrogen and oxygen atoms in total. The molecule has 1 aromatic carbocycles. The first-order valence-corrected chi connectivity index (χ1v) is 5.69. The van der Waals surface area contributed by atoms with Gasteiger partial charge in [0.15, 0.2) is 0 Å². The molecule has 0 aliphatic rings. The van der Waals surface area contributed by atoms with Crippen LogP contribution < -0.4 is 10.1 Å². The highest BCUT2D eigenvalue weighted by atomic mass is 16.5. The van der Waals surface area contributed by atoms with Crippen molar-refractivity contribution in [3.8, 4) is 17.6 Å². The molecule has 1 N–H and O–H groups in total. The molecule has 2 aromatic rings. The molecule has 0 unspecified atom stereocenters. The number of para-hydroxylation sites is 1. The lowest BCUT2D eigenvalue weighted by Crippen LogP contribution is -1.97. The van der Waals surface area contributed by atoms with Crippen LogP contribution in [-0.4, -0.2) is 11.5 Å². The summed E-state index contributed by atoms with van der Waals surface area (Å²) >= 11 is 0. The Hall–Kier alpha value is -2.54. The molecule has 0 radical (unpaired) electrons. The summed E-state index contributed by atoms with van der Waals surface area (Å²) in [4.78, 5) is 4.08. The van der Waals surface area contributed by atoms with Crippen molar-refractivity contribution in [3.05, 3.63) is 48.3 Å². The molecule has 1 aromatic heterocycles. The van der Waals surface area contributed by atoms with Gasteiger partial charge in [0, 0.05) is 12.6 Å². The molecule has 18 heavy (non-hydrogen) atoms. The van der Waals surface area contributed by atoms with Crippen molar-refractivity contribution in [2.75, 3.05) is 11.9 Å². The standard InChI is InChI=1S/C14H13N3O/c1-2-17-12-7-13(10-16-9-12)18-14-6-4-3-5-11(14)8-15/h3-7,9-10,17H,2H2,1H3. The van der Waals surface area contributed by atoms with Crippen LogP contribution in [0.15, 0.2) is 42.7 Å². The SMILES string of the molecule is CCNc1cncc(Oc2ccccc2C#N)c1. The van der Waals surface area contributed by atoms with Crippen LogP contribution in [0, 0.1) is 11.3 Å². The molecule has 1 heterocycles. The van der Waals surface area contributed by atoms with E-state index in [4.69, 9.17) is 10.00 Å². The minimum absolute atomic E-state index is 0.506. The molecule has 0 amide bonds. The third kappa shape index (κ3) is 2.77. The second kappa shape index (κ2) is 5.69. The third-order valence-corrected chi connectivity index (χ3v) is 2.33. The van der Waals surface area contributed by atoms with Crippen LogP contribution in [0.1, 0.15) is 12.5 Å². The largest absolute Gasteiger partial charge is 0.454 e.